The molecule has 0 bridgehead atoms. The van der Waals surface area contributed by atoms with Crippen LogP contribution in [-0.2, 0) is 6.54 Å². The average Bonchev–Trinajstić information content (AvgIpc) is 3.26. The molecule has 4 fully saturated rings. The van der Waals surface area contributed by atoms with Crippen LogP contribution in [0.5, 0.6) is 0 Å². The fourth-order valence-corrected chi connectivity index (χ4v) is 10.6. The lowest BCUT2D eigenvalue weighted by atomic mass is 9.43. The summed E-state index contributed by atoms with van der Waals surface area (Å²) >= 11 is 0. The van der Waals surface area contributed by atoms with Gasteiger partial charge >= 0.3 is 0 Å². The van der Waals surface area contributed by atoms with Gasteiger partial charge < -0.3 is 11.1 Å². The molecule has 3 heteroatoms. The van der Waals surface area contributed by atoms with Crippen LogP contribution in [-0.4, -0.2) is 11.9 Å². The average molecular weight is 521 g/mol. The number of rotatable bonds is 8. The second-order valence-corrected chi connectivity index (χ2v) is 14.9. The molecule has 0 saturated heterocycles. The summed E-state index contributed by atoms with van der Waals surface area (Å²) in [7, 11) is 0. The Balaban J connectivity index is 1.32. The number of nitrogens with one attached hydrogen (secondary N) is 1. The van der Waals surface area contributed by atoms with Crippen molar-refractivity contribution >= 4 is 5.91 Å². The zero-order valence-corrected chi connectivity index (χ0v) is 25.1. The number of hydrogen-bond acceptors (Lipinski definition) is 2. The molecule has 0 aromatic heterocycles. The van der Waals surface area contributed by atoms with E-state index in [0.29, 0.717) is 18.0 Å². The maximum atomic E-state index is 13.4. The molecule has 3 N–H and O–H groups in total. The predicted octanol–water partition coefficient (Wildman–Crippen LogP) is 8.37. The first-order valence-electron chi connectivity index (χ1n) is 16.3. The Hall–Kier alpha value is -1.35. The van der Waals surface area contributed by atoms with E-state index in [1.54, 1.807) is 0 Å². The first-order chi connectivity index (χ1) is 18.2. The SMILES string of the molecule is CC(C)CCC[C@@H](C)[C@H]1CC[C@H]2[C@@H]3CCC4CCCC(NC(=O)c5ccc(CN)cc5)[C@]4(C)[C@H]3CC[C@]12C. The molecule has 1 amide bonds. The Morgan fingerprint density at radius 3 is 2.42 bits per heavy atom. The number of nitrogens with two attached hydrogens (primary N) is 1. The Bertz CT molecular complexity index is 955. The van der Waals surface area contributed by atoms with Crippen LogP contribution in [0.4, 0.5) is 0 Å². The molecule has 3 nitrogen and oxygen atoms in total. The highest BCUT2D eigenvalue weighted by molar-refractivity contribution is 5.94. The van der Waals surface area contributed by atoms with Gasteiger partial charge in [0.1, 0.15) is 0 Å². The molecule has 1 aromatic carbocycles. The Kier molecular flexibility index (Phi) is 8.35. The number of hydrogen-bond donors (Lipinski definition) is 2. The van der Waals surface area contributed by atoms with E-state index in [-0.39, 0.29) is 11.3 Å². The Morgan fingerprint density at radius 1 is 0.947 bits per heavy atom. The van der Waals surface area contributed by atoms with Gasteiger partial charge in [0.2, 0.25) is 0 Å². The lowest BCUT2D eigenvalue weighted by Gasteiger charge is -2.63. The minimum atomic E-state index is 0.111. The van der Waals surface area contributed by atoms with E-state index >= 15 is 0 Å². The van der Waals surface area contributed by atoms with Crippen molar-refractivity contribution in [3.8, 4) is 0 Å². The molecule has 0 spiro atoms. The summed E-state index contributed by atoms with van der Waals surface area (Å²) in [6.07, 6.45) is 16.4. The van der Waals surface area contributed by atoms with Gasteiger partial charge in [-0.2, -0.15) is 0 Å². The van der Waals surface area contributed by atoms with Crippen molar-refractivity contribution < 1.29 is 4.79 Å². The summed E-state index contributed by atoms with van der Waals surface area (Å²) in [5.74, 6) is 5.97. The lowest BCUT2D eigenvalue weighted by Crippen LogP contribution is -2.61. The van der Waals surface area contributed by atoms with Crippen LogP contribution in [0.3, 0.4) is 0 Å². The van der Waals surface area contributed by atoms with E-state index in [1.165, 1.54) is 70.6 Å². The summed E-state index contributed by atoms with van der Waals surface area (Å²) in [4.78, 5) is 13.4. The second-order valence-electron chi connectivity index (χ2n) is 14.9. The number of carbonyl (C=O) groups is 1. The van der Waals surface area contributed by atoms with Crippen molar-refractivity contribution in [2.24, 2.45) is 58.0 Å². The van der Waals surface area contributed by atoms with Gasteiger partial charge in [-0.3, -0.25) is 4.79 Å². The minimum Gasteiger partial charge on any atom is -0.349 e. The first kappa shape index (κ1) is 28.2. The standard InChI is InChI=1S/C35H56N2O/c1-23(2)8-6-9-24(3)29-18-19-30-28-17-16-27-10-7-11-32(35(27,5)31(28)20-21-34(29,30)4)37-33(38)26-14-12-25(22-36)13-15-26/h12-15,23-24,27-32H,6-11,16-22,36H2,1-5H3,(H,37,38)/t24-,27?,28+,29-,30+,31+,32?,34-,35+/m1/s1. The van der Waals surface area contributed by atoms with Gasteiger partial charge in [0.25, 0.3) is 5.91 Å². The van der Waals surface area contributed by atoms with Crippen LogP contribution in [0.15, 0.2) is 24.3 Å². The molecule has 0 aliphatic heterocycles. The summed E-state index contributed by atoms with van der Waals surface area (Å²) < 4.78 is 0. The number of fused-ring (bicyclic) bond motifs is 5. The zero-order chi connectivity index (χ0) is 27.1. The highest BCUT2D eigenvalue weighted by atomic mass is 16.1. The van der Waals surface area contributed by atoms with Crippen LogP contribution in [0.1, 0.15) is 128 Å². The topological polar surface area (TPSA) is 55.1 Å². The van der Waals surface area contributed by atoms with Gasteiger partial charge in [-0.15, -0.1) is 0 Å². The molecule has 1 aromatic rings. The van der Waals surface area contributed by atoms with E-state index in [2.05, 4.69) is 39.9 Å². The van der Waals surface area contributed by atoms with Crippen molar-refractivity contribution in [1.82, 2.24) is 5.32 Å². The second kappa shape index (κ2) is 11.3. The maximum Gasteiger partial charge on any atom is 0.251 e. The highest BCUT2D eigenvalue weighted by Gasteiger charge is 2.62. The third kappa shape index (κ3) is 4.99. The smallest absolute Gasteiger partial charge is 0.251 e. The number of amides is 1. The van der Waals surface area contributed by atoms with Crippen molar-refractivity contribution in [2.75, 3.05) is 0 Å². The van der Waals surface area contributed by atoms with Crippen molar-refractivity contribution in [3.05, 3.63) is 35.4 Å². The van der Waals surface area contributed by atoms with Gasteiger partial charge in [0, 0.05) is 18.2 Å². The van der Waals surface area contributed by atoms with Crippen LogP contribution in [0, 0.1) is 52.3 Å². The Labute approximate surface area is 233 Å². The minimum absolute atomic E-state index is 0.111. The van der Waals surface area contributed by atoms with E-state index in [4.69, 9.17) is 5.73 Å². The van der Waals surface area contributed by atoms with Gasteiger partial charge in [-0.05, 0) is 121 Å². The molecule has 9 atom stereocenters. The lowest BCUT2D eigenvalue weighted by molar-refractivity contribution is -0.126. The molecule has 38 heavy (non-hydrogen) atoms. The van der Waals surface area contributed by atoms with Gasteiger partial charge in [0.05, 0.1) is 0 Å². The summed E-state index contributed by atoms with van der Waals surface area (Å²) in [5.41, 5.74) is 8.40. The number of carbonyl (C=O) groups excluding carboxylic acids is 1. The van der Waals surface area contributed by atoms with Crippen LogP contribution in [0.2, 0.25) is 0 Å². The molecule has 5 rings (SSSR count). The van der Waals surface area contributed by atoms with Crippen molar-refractivity contribution in [1.29, 1.82) is 0 Å². The van der Waals surface area contributed by atoms with Crippen molar-refractivity contribution in [2.45, 2.75) is 124 Å². The van der Waals surface area contributed by atoms with E-state index in [1.807, 2.05) is 24.3 Å². The van der Waals surface area contributed by atoms with Crippen LogP contribution >= 0.6 is 0 Å². The van der Waals surface area contributed by atoms with Gasteiger partial charge in [-0.1, -0.05) is 72.4 Å². The molecular formula is C35H56N2O. The first-order valence-corrected chi connectivity index (χ1v) is 16.3. The number of benzene rings is 1. The molecule has 4 aliphatic carbocycles. The van der Waals surface area contributed by atoms with E-state index < -0.39 is 0 Å². The molecular weight excluding hydrogens is 464 g/mol. The molecule has 0 heterocycles. The van der Waals surface area contributed by atoms with Crippen LogP contribution < -0.4 is 11.1 Å². The molecule has 4 saturated carbocycles. The Morgan fingerprint density at radius 2 is 1.71 bits per heavy atom. The quantitative estimate of drug-likeness (QED) is 0.362. The van der Waals surface area contributed by atoms with Crippen molar-refractivity contribution in [3.63, 3.8) is 0 Å². The summed E-state index contributed by atoms with van der Waals surface area (Å²) in [6.45, 7) is 13.1. The van der Waals surface area contributed by atoms with Gasteiger partial charge in [0.15, 0.2) is 0 Å². The third-order valence-corrected chi connectivity index (χ3v) is 12.7. The molecule has 212 valence electrons. The monoisotopic (exact) mass is 520 g/mol. The fraction of sp³-hybridized carbons (Fsp3) is 0.800. The predicted molar refractivity (Wildman–Crippen MR) is 159 cm³/mol. The van der Waals surface area contributed by atoms with E-state index in [9.17, 15) is 4.79 Å². The zero-order valence-electron chi connectivity index (χ0n) is 25.1. The molecule has 2 unspecified atom stereocenters. The highest BCUT2D eigenvalue weighted by Crippen LogP contribution is 2.68. The van der Waals surface area contributed by atoms with Crippen LogP contribution in [0.25, 0.3) is 0 Å². The largest absolute Gasteiger partial charge is 0.349 e. The summed E-state index contributed by atoms with van der Waals surface area (Å²) in [5, 5.41) is 3.60. The molecule has 0 radical (unpaired) electrons. The normalized spacial score (nSPS) is 39.2. The fourth-order valence-electron chi connectivity index (χ4n) is 10.6. The summed E-state index contributed by atoms with van der Waals surface area (Å²) in [6, 6.07) is 8.21. The molecule has 4 aliphatic rings. The maximum absolute atomic E-state index is 13.4. The third-order valence-electron chi connectivity index (χ3n) is 12.7. The van der Waals surface area contributed by atoms with Gasteiger partial charge in [-0.25, -0.2) is 0 Å². The van der Waals surface area contributed by atoms with E-state index in [0.717, 1.165) is 59.0 Å².